The van der Waals surface area contributed by atoms with Crippen LogP contribution in [0.1, 0.15) is 24.6 Å². The highest BCUT2D eigenvalue weighted by Crippen LogP contribution is 2.21. The molecule has 0 aliphatic heterocycles. The SMILES string of the molecule is CCCNS(=O)(=O)c1ccc(OCC(=O)NCc2ccccn2)c(C)c1. The van der Waals surface area contributed by atoms with Crippen molar-refractivity contribution in [1.29, 1.82) is 0 Å². The van der Waals surface area contributed by atoms with Gasteiger partial charge < -0.3 is 10.1 Å². The van der Waals surface area contributed by atoms with Gasteiger partial charge in [0.1, 0.15) is 5.75 Å². The van der Waals surface area contributed by atoms with Gasteiger partial charge in [-0.15, -0.1) is 0 Å². The summed E-state index contributed by atoms with van der Waals surface area (Å²) in [5.74, 6) is 0.184. The molecular formula is C18H23N3O4S. The number of sulfonamides is 1. The van der Waals surface area contributed by atoms with Crippen LogP contribution < -0.4 is 14.8 Å². The van der Waals surface area contributed by atoms with E-state index < -0.39 is 10.0 Å². The Morgan fingerprint density at radius 2 is 2.04 bits per heavy atom. The molecule has 1 aromatic carbocycles. The number of benzene rings is 1. The summed E-state index contributed by atoms with van der Waals surface area (Å²) >= 11 is 0. The van der Waals surface area contributed by atoms with Crippen molar-refractivity contribution in [3.8, 4) is 5.75 Å². The van der Waals surface area contributed by atoms with Crippen LogP contribution in [0.2, 0.25) is 0 Å². The Morgan fingerprint density at radius 3 is 2.69 bits per heavy atom. The van der Waals surface area contributed by atoms with Crippen molar-refractivity contribution in [1.82, 2.24) is 15.0 Å². The van der Waals surface area contributed by atoms with E-state index in [2.05, 4.69) is 15.0 Å². The van der Waals surface area contributed by atoms with Crippen LogP contribution in [0.4, 0.5) is 0 Å². The fourth-order valence-corrected chi connectivity index (χ4v) is 3.38. The highest BCUT2D eigenvalue weighted by Gasteiger charge is 2.15. The van der Waals surface area contributed by atoms with E-state index in [1.54, 1.807) is 25.3 Å². The Balaban J connectivity index is 1.90. The lowest BCUT2D eigenvalue weighted by Crippen LogP contribution is -2.28. The average molecular weight is 377 g/mol. The largest absolute Gasteiger partial charge is 0.484 e. The quantitative estimate of drug-likeness (QED) is 0.694. The van der Waals surface area contributed by atoms with Crippen LogP contribution in [-0.4, -0.2) is 32.5 Å². The van der Waals surface area contributed by atoms with Gasteiger partial charge in [-0.3, -0.25) is 9.78 Å². The molecule has 2 aromatic rings. The molecule has 0 unspecified atom stereocenters. The fraction of sp³-hybridized carbons (Fsp3) is 0.333. The molecule has 0 bridgehead atoms. The maximum absolute atomic E-state index is 12.1. The lowest BCUT2D eigenvalue weighted by atomic mass is 10.2. The first-order chi connectivity index (χ1) is 12.4. The lowest BCUT2D eigenvalue weighted by molar-refractivity contribution is -0.123. The number of hydrogen-bond donors (Lipinski definition) is 2. The van der Waals surface area contributed by atoms with Crippen molar-refractivity contribution in [3.63, 3.8) is 0 Å². The Morgan fingerprint density at radius 1 is 1.23 bits per heavy atom. The monoisotopic (exact) mass is 377 g/mol. The van der Waals surface area contributed by atoms with Gasteiger partial charge >= 0.3 is 0 Å². The summed E-state index contributed by atoms with van der Waals surface area (Å²) in [6.45, 7) is 4.18. The molecule has 7 nitrogen and oxygen atoms in total. The van der Waals surface area contributed by atoms with Gasteiger partial charge in [-0.2, -0.15) is 0 Å². The number of ether oxygens (including phenoxy) is 1. The lowest BCUT2D eigenvalue weighted by Gasteiger charge is -2.11. The summed E-state index contributed by atoms with van der Waals surface area (Å²) in [5.41, 5.74) is 1.40. The molecule has 140 valence electrons. The third-order valence-electron chi connectivity index (χ3n) is 3.55. The molecule has 0 saturated heterocycles. The van der Waals surface area contributed by atoms with Crippen molar-refractivity contribution >= 4 is 15.9 Å². The van der Waals surface area contributed by atoms with Crippen molar-refractivity contribution in [2.24, 2.45) is 0 Å². The number of nitrogens with one attached hydrogen (secondary N) is 2. The summed E-state index contributed by atoms with van der Waals surface area (Å²) in [7, 11) is -3.52. The van der Waals surface area contributed by atoms with Gasteiger partial charge in [-0.05, 0) is 49.2 Å². The van der Waals surface area contributed by atoms with E-state index in [9.17, 15) is 13.2 Å². The molecule has 1 amide bonds. The third-order valence-corrected chi connectivity index (χ3v) is 5.01. The van der Waals surface area contributed by atoms with E-state index in [-0.39, 0.29) is 17.4 Å². The fourth-order valence-electron chi connectivity index (χ4n) is 2.16. The van der Waals surface area contributed by atoms with Crippen molar-refractivity contribution in [2.45, 2.75) is 31.7 Å². The number of aryl methyl sites for hydroxylation is 1. The van der Waals surface area contributed by atoms with Gasteiger partial charge in [-0.25, -0.2) is 13.1 Å². The normalized spacial score (nSPS) is 11.2. The van der Waals surface area contributed by atoms with Crippen LogP contribution in [0.3, 0.4) is 0 Å². The Labute approximate surface area is 153 Å². The van der Waals surface area contributed by atoms with E-state index in [0.717, 1.165) is 5.69 Å². The summed E-state index contributed by atoms with van der Waals surface area (Å²) in [4.78, 5) is 16.2. The number of carbonyl (C=O) groups is 1. The van der Waals surface area contributed by atoms with E-state index >= 15 is 0 Å². The van der Waals surface area contributed by atoms with E-state index in [0.29, 0.717) is 30.8 Å². The predicted octanol–water partition coefficient (Wildman–Crippen LogP) is 1.77. The van der Waals surface area contributed by atoms with Crippen LogP contribution in [0.15, 0.2) is 47.5 Å². The second-order valence-electron chi connectivity index (χ2n) is 5.71. The van der Waals surface area contributed by atoms with E-state index in [1.165, 1.54) is 12.1 Å². The molecule has 1 heterocycles. The topological polar surface area (TPSA) is 97.4 Å². The first-order valence-corrected chi connectivity index (χ1v) is 9.80. The molecule has 8 heteroatoms. The second kappa shape index (κ2) is 9.30. The maximum Gasteiger partial charge on any atom is 0.258 e. The molecular weight excluding hydrogens is 354 g/mol. The number of carbonyl (C=O) groups excluding carboxylic acids is 1. The third kappa shape index (κ3) is 5.82. The molecule has 0 aliphatic rings. The van der Waals surface area contributed by atoms with Crippen molar-refractivity contribution in [2.75, 3.05) is 13.2 Å². The van der Waals surface area contributed by atoms with Crippen molar-refractivity contribution in [3.05, 3.63) is 53.9 Å². The number of pyridine rings is 1. The number of aromatic nitrogens is 1. The Kier molecular flexibility index (Phi) is 7.11. The van der Waals surface area contributed by atoms with Crippen LogP contribution in [0.5, 0.6) is 5.75 Å². The highest BCUT2D eigenvalue weighted by atomic mass is 32.2. The van der Waals surface area contributed by atoms with Gasteiger partial charge in [0.2, 0.25) is 10.0 Å². The molecule has 0 spiro atoms. The molecule has 0 saturated carbocycles. The number of rotatable bonds is 9. The molecule has 0 radical (unpaired) electrons. The smallest absolute Gasteiger partial charge is 0.258 e. The average Bonchev–Trinajstić information content (AvgIpc) is 2.64. The molecule has 26 heavy (non-hydrogen) atoms. The minimum Gasteiger partial charge on any atom is -0.484 e. The zero-order valence-electron chi connectivity index (χ0n) is 14.9. The highest BCUT2D eigenvalue weighted by molar-refractivity contribution is 7.89. The van der Waals surface area contributed by atoms with Crippen LogP contribution in [0.25, 0.3) is 0 Å². The molecule has 2 rings (SSSR count). The van der Waals surface area contributed by atoms with Crippen LogP contribution in [0, 0.1) is 6.92 Å². The molecule has 2 N–H and O–H groups in total. The second-order valence-corrected chi connectivity index (χ2v) is 7.48. The van der Waals surface area contributed by atoms with Gasteiger partial charge in [-0.1, -0.05) is 13.0 Å². The van der Waals surface area contributed by atoms with E-state index in [4.69, 9.17) is 4.74 Å². The zero-order chi connectivity index (χ0) is 19.0. The number of hydrogen-bond acceptors (Lipinski definition) is 5. The predicted molar refractivity (Wildman–Crippen MR) is 98.2 cm³/mol. The standard InChI is InChI=1S/C18H23N3O4S/c1-3-9-21-26(23,24)16-7-8-17(14(2)11-16)25-13-18(22)20-12-15-6-4-5-10-19-15/h4-8,10-11,21H,3,9,12-13H2,1-2H3,(H,20,22). The van der Waals surface area contributed by atoms with Gasteiger partial charge in [0.05, 0.1) is 17.1 Å². The van der Waals surface area contributed by atoms with Gasteiger partial charge in [0.15, 0.2) is 6.61 Å². The molecule has 1 aromatic heterocycles. The van der Waals surface area contributed by atoms with Gasteiger partial charge in [0, 0.05) is 12.7 Å². The van der Waals surface area contributed by atoms with E-state index in [1.807, 2.05) is 19.1 Å². The number of amides is 1. The summed E-state index contributed by atoms with van der Waals surface area (Å²) in [6, 6.07) is 10.0. The van der Waals surface area contributed by atoms with Gasteiger partial charge in [0.25, 0.3) is 5.91 Å². The molecule has 0 atom stereocenters. The van der Waals surface area contributed by atoms with Crippen LogP contribution in [-0.2, 0) is 21.4 Å². The molecule has 0 fully saturated rings. The molecule has 0 aliphatic carbocycles. The Bertz CT molecular complexity index is 839. The van der Waals surface area contributed by atoms with Crippen LogP contribution >= 0.6 is 0 Å². The minimum absolute atomic E-state index is 0.159. The Hall–Kier alpha value is -2.45. The van der Waals surface area contributed by atoms with Crippen molar-refractivity contribution < 1.29 is 17.9 Å². The first kappa shape index (κ1) is 19.9. The first-order valence-electron chi connectivity index (χ1n) is 8.32. The maximum atomic E-state index is 12.1. The summed E-state index contributed by atoms with van der Waals surface area (Å²) in [6.07, 6.45) is 2.37. The zero-order valence-corrected chi connectivity index (χ0v) is 15.7. The summed E-state index contributed by atoms with van der Waals surface area (Å²) in [5, 5.41) is 2.72. The summed E-state index contributed by atoms with van der Waals surface area (Å²) < 4.78 is 32.2. The minimum atomic E-state index is -3.52. The number of nitrogens with zero attached hydrogens (tertiary/aromatic N) is 1.